The zero-order valence-corrected chi connectivity index (χ0v) is 15.3. The summed E-state index contributed by atoms with van der Waals surface area (Å²) < 4.78 is 2.04. The minimum Gasteiger partial charge on any atom is -0.383 e. The number of fused-ring (bicyclic) bond motifs is 2. The van der Waals surface area contributed by atoms with Gasteiger partial charge < -0.3 is 16.4 Å². The highest BCUT2D eigenvalue weighted by molar-refractivity contribution is 6.09. The van der Waals surface area contributed by atoms with Gasteiger partial charge >= 0.3 is 0 Å². The SMILES string of the molecule is NCN1C(=Nc2c(N)n(-c3ccccc3)c3ccccc23)Cc2ncccc21. The van der Waals surface area contributed by atoms with E-state index in [9.17, 15) is 0 Å². The monoisotopic (exact) mass is 368 g/mol. The van der Waals surface area contributed by atoms with Crippen LogP contribution in [0.5, 0.6) is 0 Å². The molecule has 6 nitrogen and oxygen atoms in total. The van der Waals surface area contributed by atoms with E-state index >= 15 is 0 Å². The van der Waals surface area contributed by atoms with Crippen molar-refractivity contribution in [3.63, 3.8) is 0 Å². The molecule has 4 N–H and O–H groups in total. The van der Waals surface area contributed by atoms with Crippen LogP contribution < -0.4 is 16.4 Å². The average Bonchev–Trinajstić information content (AvgIpc) is 3.23. The topological polar surface area (TPSA) is 85.5 Å². The molecule has 0 aliphatic carbocycles. The van der Waals surface area contributed by atoms with Gasteiger partial charge in [-0.25, -0.2) is 4.99 Å². The van der Waals surface area contributed by atoms with E-state index in [1.165, 1.54) is 0 Å². The number of nitrogens with two attached hydrogens (primary N) is 2. The first-order valence-corrected chi connectivity index (χ1v) is 9.21. The molecular formula is C22H20N6. The molecule has 2 aromatic carbocycles. The zero-order chi connectivity index (χ0) is 19.1. The van der Waals surface area contributed by atoms with E-state index in [2.05, 4.69) is 17.1 Å². The summed E-state index contributed by atoms with van der Waals surface area (Å²) in [6.45, 7) is 0.342. The second-order valence-corrected chi connectivity index (χ2v) is 6.71. The maximum Gasteiger partial charge on any atom is 0.135 e. The highest BCUT2D eigenvalue weighted by atomic mass is 15.3. The molecule has 5 rings (SSSR count). The van der Waals surface area contributed by atoms with E-state index in [1.54, 1.807) is 6.20 Å². The first-order valence-electron chi connectivity index (χ1n) is 9.21. The predicted molar refractivity (Wildman–Crippen MR) is 114 cm³/mol. The molecule has 0 spiro atoms. The standard InChI is InChI=1S/C22H20N6/c23-14-27-19-11-6-12-25-17(19)13-20(27)26-21-16-9-4-5-10-18(16)28(22(21)24)15-7-2-1-3-8-15/h1-12H,13-14,23-24H2. The van der Waals surface area contributed by atoms with E-state index in [4.69, 9.17) is 16.5 Å². The minimum absolute atomic E-state index is 0.342. The molecule has 0 bridgehead atoms. The molecule has 6 heteroatoms. The minimum atomic E-state index is 0.342. The van der Waals surface area contributed by atoms with Crippen LogP contribution in [0.4, 0.5) is 17.2 Å². The smallest absolute Gasteiger partial charge is 0.135 e. The number of hydrogen-bond acceptors (Lipinski definition) is 4. The number of rotatable bonds is 3. The van der Waals surface area contributed by atoms with Gasteiger partial charge in [0.25, 0.3) is 0 Å². The van der Waals surface area contributed by atoms with Gasteiger partial charge in [-0.15, -0.1) is 0 Å². The van der Waals surface area contributed by atoms with Crippen LogP contribution in [0.1, 0.15) is 5.69 Å². The van der Waals surface area contributed by atoms with Gasteiger partial charge in [0.2, 0.25) is 0 Å². The largest absolute Gasteiger partial charge is 0.383 e. The Labute approximate surface area is 162 Å². The van der Waals surface area contributed by atoms with Crippen molar-refractivity contribution in [2.75, 3.05) is 17.3 Å². The van der Waals surface area contributed by atoms with Gasteiger partial charge in [-0.2, -0.15) is 0 Å². The lowest BCUT2D eigenvalue weighted by molar-refractivity contribution is 1.02. The maximum absolute atomic E-state index is 6.61. The van der Waals surface area contributed by atoms with Crippen LogP contribution in [0.3, 0.4) is 0 Å². The molecule has 1 aliphatic rings. The van der Waals surface area contributed by atoms with E-state index in [1.807, 2.05) is 64.1 Å². The third kappa shape index (κ3) is 2.46. The summed E-state index contributed by atoms with van der Waals surface area (Å²) in [7, 11) is 0. The molecular weight excluding hydrogens is 348 g/mol. The fourth-order valence-corrected chi connectivity index (χ4v) is 3.84. The number of nitrogen functional groups attached to an aromatic ring is 1. The summed E-state index contributed by atoms with van der Waals surface area (Å²) in [5.74, 6) is 1.47. The first-order chi connectivity index (χ1) is 13.8. The van der Waals surface area contributed by atoms with E-state index in [0.29, 0.717) is 18.9 Å². The lowest BCUT2D eigenvalue weighted by Crippen LogP contribution is -2.32. The van der Waals surface area contributed by atoms with Crippen LogP contribution in [0.15, 0.2) is 77.9 Å². The fraction of sp³-hybridized carbons (Fsp3) is 0.0909. The Morgan fingerprint density at radius 1 is 0.964 bits per heavy atom. The summed E-state index contributed by atoms with van der Waals surface area (Å²) in [5, 5.41) is 1.01. The zero-order valence-electron chi connectivity index (χ0n) is 15.3. The van der Waals surface area contributed by atoms with Crippen molar-refractivity contribution in [3.05, 3.63) is 78.6 Å². The van der Waals surface area contributed by atoms with Gasteiger partial charge in [0.1, 0.15) is 17.3 Å². The van der Waals surface area contributed by atoms with E-state index in [-0.39, 0.29) is 0 Å². The van der Waals surface area contributed by atoms with Crippen LogP contribution in [-0.2, 0) is 6.42 Å². The third-order valence-electron chi connectivity index (χ3n) is 5.12. The molecule has 1 aliphatic heterocycles. The fourth-order valence-electron chi connectivity index (χ4n) is 3.84. The Hall–Kier alpha value is -3.64. The molecule has 0 amide bonds. The molecule has 0 radical (unpaired) electrons. The molecule has 138 valence electrons. The highest BCUT2D eigenvalue weighted by Crippen LogP contribution is 2.39. The molecule has 0 saturated carbocycles. The molecule has 0 saturated heterocycles. The summed E-state index contributed by atoms with van der Waals surface area (Å²) in [5.41, 5.74) is 17.4. The highest BCUT2D eigenvalue weighted by Gasteiger charge is 2.26. The Morgan fingerprint density at radius 2 is 1.75 bits per heavy atom. The van der Waals surface area contributed by atoms with Crippen LogP contribution in [-0.4, -0.2) is 22.1 Å². The number of para-hydroxylation sites is 2. The summed E-state index contributed by atoms with van der Waals surface area (Å²) >= 11 is 0. The van der Waals surface area contributed by atoms with Crippen molar-refractivity contribution in [3.8, 4) is 5.69 Å². The Morgan fingerprint density at radius 3 is 2.57 bits per heavy atom. The van der Waals surface area contributed by atoms with Gasteiger partial charge in [-0.05, 0) is 30.3 Å². The third-order valence-corrected chi connectivity index (χ3v) is 5.12. The van der Waals surface area contributed by atoms with Gasteiger partial charge in [0.15, 0.2) is 0 Å². The van der Waals surface area contributed by atoms with Gasteiger partial charge in [-0.1, -0.05) is 36.4 Å². The second kappa shape index (κ2) is 6.51. The van der Waals surface area contributed by atoms with Crippen LogP contribution in [0.2, 0.25) is 0 Å². The second-order valence-electron chi connectivity index (χ2n) is 6.71. The number of amidine groups is 1. The molecule has 2 aromatic heterocycles. The lowest BCUT2D eigenvalue weighted by atomic mass is 10.2. The number of aliphatic imine (C=N–C) groups is 1. The van der Waals surface area contributed by atoms with E-state index < -0.39 is 0 Å². The molecule has 0 fully saturated rings. The van der Waals surface area contributed by atoms with Gasteiger partial charge in [-0.3, -0.25) is 9.55 Å². The van der Waals surface area contributed by atoms with Crippen molar-refractivity contribution in [2.45, 2.75) is 6.42 Å². The molecule has 4 aromatic rings. The molecule has 0 atom stereocenters. The number of benzene rings is 2. The van der Waals surface area contributed by atoms with Crippen molar-refractivity contribution < 1.29 is 0 Å². The summed E-state index contributed by atoms with van der Waals surface area (Å²) in [6, 6.07) is 22.2. The van der Waals surface area contributed by atoms with Gasteiger partial charge in [0, 0.05) is 17.3 Å². The van der Waals surface area contributed by atoms with Crippen molar-refractivity contribution in [1.82, 2.24) is 9.55 Å². The van der Waals surface area contributed by atoms with Crippen LogP contribution in [0, 0.1) is 0 Å². The number of hydrogen-bond donors (Lipinski definition) is 2. The Kier molecular flexibility index (Phi) is 3.84. The molecule has 0 unspecified atom stereocenters. The number of anilines is 2. The maximum atomic E-state index is 6.61. The Bertz CT molecular complexity index is 1190. The number of pyridine rings is 1. The predicted octanol–water partition coefficient (Wildman–Crippen LogP) is 3.62. The summed E-state index contributed by atoms with van der Waals surface area (Å²) in [6.07, 6.45) is 2.43. The van der Waals surface area contributed by atoms with Crippen molar-refractivity contribution in [2.24, 2.45) is 10.7 Å². The lowest BCUT2D eigenvalue weighted by Gasteiger charge is -2.17. The number of nitrogens with zero attached hydrogens (tertiary/aromatic N) is 4. The summed E-state index contributed by atoms with van der Waals surface area (Å²) in [4.78, 5) is 11.4. The quantitative estimate of drug-likeness (QED) is 0.578. The van der Waals surface area contributed by atoms with E-state index in [0.717, 1.165) is 39.5 Å². The van der Waals surface area contributed by atoms with Crippen LogP contribution >= 0.6 is 0 Å². The van der Waals surface area contributed by atoms with Crippen molar-refractivity contribution >= 4 is 33.9 Å². The number of aromatic nitrogens is 2. The van der Waals surface area contributed by atoms with Crippen LogP contribution in [0.25, 0.3) is 16.6 Å². The normalized spacial score (nSPS) is 14.8. The molecule has 28 heavy (non-hydrogen) atoms. The van der Waals surface area contributed by atoms with Gasteiger partial charge in [0.05, 0.1) is 30.0 Å². The molecule has 3 heterocycles. The van der Waals surface area contributed by atoms with Crippen molar-refractivity contribution in [1.29, 1.82) is 0 Å². The first kappa shape index (κ1) is 16.5. The Balaban J connectivity index is 1.71. The average molecular weight is 368 g/mol.